The van der Waals surface area contributed by atoms with E-state index in [1.807, 2.05) is 0 Å². The predicted molar refractivity (Wildman–Crippen MR) is 120 cm³/mol. The van der Waals surface area contributed by atoms with Crippen molar-refractivity contribution in [2.75, 3.05) is 26.9 Å². The normalized spacial score (nSPS) is 17.9. The summed E-state index contributed by atoms with van der Waals surface area (Å²) < 4.78 is 10.8. The van der Waals surface area contributed by atoms with E-state index in [-0.39, 0.29) is 17.1 Å². The Bertz CT molecular complexity index is 978. The topological polar surface area (TPSA) is 96.3 Å². The molecule has 0 spiro atoms. The third-order valence-electron chi connectivity index (χ3n) is 5.21. The number of Topliss-reactive ketones (excluding diaryl/α,β-unsaturated/α-hetero) is 1. The highest BCUT2D eigenvalue weighted by Crippen LogP contribution is 2.40. The lowest BCUT2D eigenvalue weighted by atomic mass is 9.95. The van der Waals surface area contributed by atoms with E-state index in [0.29, 0.717) is 49.0 Å². The fraction of sp³-hybridized carbons (Fsp3) is 0.360. The number of likely N-dealkylation sites (tertiary alicyclic amines) is 1. The molecule has 7 heteroatoms. The Kier molecular flexibility index (Phi) is 7.53. The zero-order valence-electron chi connectivity index (χ0n) is 18.6. The Morgan fingerprint density at radius 3 is 2.31 bits per heavy atom. The summed E-state index contributed by atoms with van der Waals surface area (Å²) in [5.74, 6) is -0.545. The molecule has 2 N–H and O–H groups in total. The molecule has 0 saturated carbocycles. The second-order valence-corrected chi connectivity index (χ2v) is 8.16. The average Bonchev–Trinajstić information content (AvgIpc) is 3.03. The Hall–Kier alpha value is -3.32. The highest BCUT2D eigenvalue weighted by molar-refractivity contribution is 6.46. The number of aliphatic hydroxyl groups excluding tert-OH is 1. The van der Waals surface area contributed by atoms with Gasteiger partial charge in [-0.05, 0) is 54.3 Å². The minimum absolute atomic E-state index is 0.0222. The number of ketones is 1. The van der Waals surface area contributed by atoms with Crippen LogP contribution in [0.3, 0.4) is 0 Å². The first kappa shape index (κ1) is 23.3. The van der Waals surface area contributed by atoms with E-state index in [1.165, 1.54) is 17.0 Å². The highest BCUT2D eigenvalue weighted by Gasteiger charge is 2.45. The van der Waals surface area contributed by atoms with Crippen molar-refractivity contribution < 1.29 is 29.3 Å². The summed E-state index contributed by atoms with van der Waals surface area (Å²) in [7, 11) is 1.57. The van der Waals surface area contributed by atoms with Crippen LogP contribution < -0.4 is 4.74 Å². The standard InChI is InChI=1S/C25H29NO6/c1-16(2)15-32-20-11-7-18(8-12-20)23(28)21-22(17-5-9-19(27)10-6-17)26(13-4-14-31-3)25(30)24(21)29/h5-12,16,22,27-28H,4,13-15H2,1-3H3/b23-21+. The van der Waals surface area contributed by atoms with Crippen LogP contribution in [0.2, 0.25) is 0 Å². The molecule has 2 aromatic carbocycles. The van der Waals surface area contributed by atoms with E-state index in [1.54, 1.807) is 43.5 Å². The molecule has 1 atom stereocenters. The third-order valence-corrected chi connectivity index (χ3v) is 5.21. The van der Waals surface area contributed by atoms with Gasteiger partial charge in [-0.2, -0.15) is 0 Å². The molecule has 1 saturated heterocycles. The lowest BCUT2D eigenvalue weighted by Crippen LogP contribution is -2.31. The lowest BCUT2D eigenvalue weighted by Gasteiger charge is -2.25. The molecular weight excluding hydrogens is 410 g/mol. The first-order valence-corrected chi connectivity index (χ1v) is 10.6. The van der Waals surface area contributed by atoms with Crippen LogP contribution in [0.5, 0.6) is 11.5 Å². The minimum atomic E-state index is -0.760. The minimum Gasteiger partial charge on any atom is -0.508 e. The maximum absolute atomic E-state index is 12.9. The number of phenols is 1. The number of hydrogen-bond acceptors (Lipinski definition) is 6. The second-order valence-electron chi connectivity index (χ2n) is 8.16. The van der Waals surface area contributed by atoms with E-state index in [0.717, 1.165) is 0 Å². The molecule has 0 aliphatic carbocycles. The largest absolute Gasteiger partial charge is 0.508 e. The molecule has 3 rings (SSSR count). The zero-order valence-corrected chi connectivity index (χ0v) is 18.6. The number of hydrogen-bond donors (Lipinski definition) is 2. The maximum Gasteiger partial charge on any atom is 0.295 e. The van der Waals surface area contributed by atoms with Crippen molar-refractivity contribution in [3.05, 3.63) is 65.2 Å². The molecule has 0 bridgehead atoms. The van der Waals surface area contributed by atoms with Crippen molar-refractivity contribution in [1.82, 2.24) is 4.90 Å². The number of carbonyl (C=O) groups is 2. The van der Waals surface area contributed by atoms with E-state index < -0.39 is 17.7 Å². The number of methoxy groups -OCH3 is 1. The summed E-state index contributed by atoms with van der Waals surface area (Å²) in [6, 6.07) is 12.3. The van der Waals surface area contributed by atoms with Gasteiger partial charge in [0.1, 0.15) is 17.3 Å². The van der Waals surface area contributed by atoms with Gasteiger partial charge >= 0.3 is 0 Å². The number of benzene rings is 2. The smallest absolute Gasteiger partial charge is 0.295 e. The van der Waals surface area contributed by atoms with Crippen LogP contribution in [0.1, 0.15) is 37.4 Å². The molecule has 1 amide bonds. The number of nitrogens with zero attached hydrogens (tertiary/aromatic N) is 1. The Labute approximate surface area is 187 Å². The van der Waals surface area contributed by atoms with Crippen LogP contribution in [-0.4, -0.2) is 53.7 Å². The molecule has 32 heavy (non-hydrogen) atoms. The average molecular weight is 440 g/mol. The molecule has 2 aromatic rings. The number of amides is 1. The summed E-state index contributed by atoms with van der Waals surface area (Å²) in [5.41, 5.74) is 1.06. The van der Waals surface area contributed by atoms with Crippen LogP contribution in [0.25, 0.3) is 5.76 Å². The second kappa shape index (κ2) is 10.3. The fourth-order valence-corrected chi connectivity index (χ4v) is 3.62. The zero-order chi connectivity index (χ0) is 23.3. The van der Waals surface area contributed by atoms with Crippen LogP contribution in [0, 0.1) is 5.92 Å². The van der Waals surface area contributed by atoms with Crippen molar-refractivity contribution in [3.8, 4) is 11.5 Å². The number of phenolic OH excluding ortho intramolecular Hbond substituents is 1. The van der Waals surface area contributed by atoms with E-state index in [4.69, 9.17) is 9.47 Å². The van der Waals surface area contributed by atoms with Gasteiger partial charge in [0, 0.05) is 25.8 Å². The van der Waals surface area contributed by atoms with Crippen molar-refractivity contribution in [2.24, 2.45) is 5.92 Å². The first-order chi connectivity index (χ1) is 15.3. The van der Waals surface area contributed by atoms with Crippen LogP contribution in [0.15, 0.2) is 54.1 Å². The Balaban J connectivity index is 2.00. The van der Waals surface area contributed by atoms with Gasteiger partial charge in [-0.1, -0.05) is 26.0 Å². The van der Waals surface area contributed by atoms with Crippen molar-refractivity contribution in [3.63, 3.8) is 0 Å². The lowest BCUT2D eigenvalue weighted by molar-refractivity contribution is -0.140. The summed E-state index contributed by atoms with van der Waals surface area (Å²) in [5, 5.41) is 20.7. The molecule has 1 aliphatic heterocycles. The van der Waals surface area contributed by atoms with Crippen LogP contribution >= 0.6 is 0 Å². The molecule has 0 aromatic heterocycles. The predicted octanol–water partition coefficient (Wildman–Crippen LogP) is 3.89. The number of carbonyl (C=O) groups excluding carboxylic acids is 2. The monoisotopic (exact) mass is 439 g/mol. The molecular formula is C25H29NO6. The number of rotatable bonds is 9. The van der Waals surface area contributed by atoms with Gasteiger partial charge in [-0.3, -0.25) is 9.59 Å². The van der Waals surface area contributed by atoms with Crippen molar-refractivity contribution in [2.45, 2.75) is 26.3 Å². The SMILES string of the molecule is COCCCN1C(=O)C(=O)/C(=C(/O)c2ccc(OCC(C)C)cc2)C1c1ccc(O)cc1. The molecule has 7 nitrogen and oxygen atoms in total. The maximum atomic E-state index is 12.9. The third kappa shape index (κ3) is 5.11. The van der Waals surface area contributed by atoms with Gasteiger partial charge in [0.05, 0.1) is 18.2 Å². The van der Waals surface area contributed by atoms with Crippen LogP contribution in [0.4, 0.5) is 0 Å². The van der Waals surface area contributed by atoms with Gasteiger partial charge in [-0.15, -0.1) is 0 Å². The number of aliphatic hydroxyl groups is 1. The first-order valence-electron chi connectivity index (χ1n) is 10.6. The summed E-state index contributed by atoms with van der Waals surface area (Å²) in [6.45, 7) is 5.40. The molecule has 0 radical (unpaired) electrons. The van der Waals surface area contributed by atoms with Crippen molar-refractivity contribution in [1.29, 1.82) is 0 Å². The van der Waals surface area contributed by atoms with E-state index in [2.05, 4.69) is 13.8 Å². The van der Waals surface area contributed by atoms with E-state index in [9.17, 15) is 19.8 Å². The fourth-order valence-electron chi connectivity index (χ4n) is 3.62. The van der Waals surface area contributed by atoms with Crippen molar-refractivity contribution >= 4 is 17.4 Å². The molecule has 1 fully saturated rings. The quantitative estimate of drug-likeness (QED) is 0.266. The summed E-state index contributed by atoms with van der Waals surface area (Å²) in [4.78, 5) is 27.2. The summed E-state index contributed by atoms with van der Waals surface area (Å²) in [6.07, 6.45) is 0.542. The van der Waals surface area contributed by atoms with Gasteiger partial charge in [0.2, 0.25) is 0 Å². The van der Waals surface area contributed by atoms with Crippen LogP contribution in [-0.2, 0) is 14.3 Å². The van der Waals surface area contributed by atoms with E-state index >= 15 is 0 Å². The van der Waals surface area contributed by atoms with Gasteiger partial charge in [-0.25, -0.2) is 0 Å². The molecule has 170 valence electrons. The number of aromatic hydroxyl groups is 1. The summed E-state index contributed by atoms with van der Waals surface area (Å²) >= 11 is 0. The number of ether oxygens (including phenoxy) is 2. The van der Waals surface area contributed by atoms with Gasteiger partial charge in [0.15, 0.2) is 0 Å². The Morgan fingerprint density at radius 1 is 1.06 bits per heavy atom. The van der Waals surface area contributed by atoms with Gasteiger partial charge in [0.25, 0.3) is 11.7 Å². The highest BCUT2D eigenvalue weighted by atomic mass is 16.5. The van der Waals surface area contributed by atoms with Gasteiger partial charge < -0.3 is 24.6 Å². The molecule has 1 unspecified atom stereocenters. The molecule has 1 aliphatic rings. The molecule has 1 heterocycles. The Morgan fingerprint density at radius 2 is 1.72 bits per heavy atom.